The van der Waals surface area contributed by atoms with Crippen LogP contribution >= 0.6 is 11.6 Å². The average molecular weight is 504 g/mol. The molecule has 1 fully saturated rings. The third kappa shape index (κ3) is 4.03. The van der Waals surface area contributed by atoms with Gasteiger partial charge >= 0.3 is 12.1 Å². The van der Waals surface area contributed by atoms with E-state index in [1.165, 1.54) is 29.7 Å². The van der Waals surface area contributed by atoms with Gasteiger partial charge in [0.15, 0.2) is 11.3 Å². The van der Waals surface area contributed by atoms with Crippen molar-refractivity contribution in [2.75, 3.05) is 13.1 Å². The summed E-state index contributed by atoms with van der Waals surface area (Å²) in [5, 5.41) is 9.42. The van der Waals surface area contributed by atoms with Gasteiger partial charge in [-0.15, -0.1) is 0 Å². The smallest absolute Gasteiger partial charge is 0.420 e. The number of amides is 1. The number of imidazole rings is 1. The number of alkyl halides is 3. The highest BCUT2D eigenvalue weighted by molar-refractivity contribution is 6.33. The number of likely N-dealkylation sites (tertiary alicyclic amines) is 1. The molecule has 1 saturated heterocycles. The van der Waals surface area contributed by atoms with Gasteiger partial charge < -0.3 is 14.4 Å². The van der Waals surface area contributed by atoms with Crippen LogP contribution in [0.25, 0.3) is 16.8 Å². The summed E-state index contributed by atoms with van der Waals surface area (Å²) in [6.07, 6.45) is -0.806. The first-order chi connectivity index (χ1) is 16.6. The Morgan fingerprint density at radius 2 is 1.86 bits per heavy atom. The number of aliphatic carboxylic acids is 1. The quantitative estimate of drug-likeness (QED) is 0.413. The van der Waals surface area contributed by atoms with Crippen molar-refractivity contribution < 1.29 is 32.3 Å². The summed E-state index contributed by atoms with van der Waals surface area (Å²) < 4.78 is 47.6. The minimum Gasteiger partial charge on any atom is -0.481 e. The van der Waals surface area contributed by atoms with Crippen LogP contribution in [0.3, 0.4) is 0 Å². The second-order valence-corrected chi connectivity index (χ2v) is 8.63. The average Bonchev–Trinajstić information content (AvgIpc) is 3.57. The van der Waals surface area contributed by atoms with Gasteiger partial charge in [0, 0.05) is 36.3 Å². The molecule has 11 heteroatoms. The van der Waals surface area contributed by atoms with Gasteiger partial charge in [0.1, 0.15) is 5.15 Å². The minimum atomic E-state index is -4.77. The van der Waals surface area contributed by atoms with Gasteiger partial charge in [0.05, 0.1) is 24.0 Å². The van der Waals surface area contributed by atoms with Crippen LogP contribution in [0.2, 0.25) is 5.15 Å². The van der Waals surface area contributed by atoms with E-state index >= 15 is 0 Å². The maximum atomic E-state index is 13.9. The molecule has 180 valence electrons. The van der Waals surface area contributed by atoms with Crippen LogP contribution in [0.15, 0.2) is 65.6 Å². The topological polar surface area (TPSA) is 88.0 Å². The van der Waals surface area contributed by atoms with Crippen LogP contribution in [0, 0.1) is 5.92 Å². The summed E-state index contributed by atoms with van der Waals surface area (Å²) in [6.45, 7) is -0.0548. The molecule has 5 rings (SSSR count). The maximum absolute atomic E-state index is 13.9. The number of furan rings is 1. The van der Waals surface area contributed by atoms with Crippen molar-refractivity contribution in [3.05, 3.63) is 83.2 Å². The standard InChI is InChI=1S/C24H17ClF3N3O4/c25-20-19(22(32)30-10-16(17(11-30)23(33)34)13-4-2-1-3-5-13)29-21-18(24(26,27)28)8-15(9-31(20)21)14-6-7-35-12-14/h1-9,12,16-17H,10-11H2,(H,33,34)/t16-,17+/m0/s1. The molecule has 4 aromatic rings. The number of halogens is 4. The fourth-order valence-corrected chi connectivity index (χ4v) is 4.71. The van der Waals surface area contributed by atoms with E-state index in [4.69, 9.17) is 16.0 Å². The molecule has 3 aromatic heterocycles. The SMILES string of the molecule is O=C(O)[C@@H]1CN(C(=O)c2nc3c(C(F)(F)F)cc(-c4ccoc4)cn3c2Cl)C[C@H]1c1ccccc1. The molecule has 4 heterocycles. The van der Waals surface area contributed by atoms with E-state index in [0.29, 0.717) is 5.56 Å². The van der Waals surface area contributed by atoms with E-state index in [1.807, 2.05) is 0 Å². The number of rotatable bonds is 4. The number of hydrogen-bond acceptors (Lipinski definition) is 4. The van der Waals surface area contributed by atoms with Crippen LogP contribution in [-0.4, -0.2) is 44.4 Å². The van der Waals surface area contributed by atoms with Crippen molar-refractivity contribution >= 4 is 29.1 Å². The number of pyridine rings is 1. The van der Waals surface area contributed by atoms with Crippen LogP contribution in [0.1, 0.15) is 27.5 Å². The molecular weight excluding hydrogens is 487 g/mol. The molecular formula is C24H17ClF3N3O4. The number of carbonyl (C=O) groups is 2. The van der Waals surface area contributed by atoms with Crippen molar-refractivity contribution in [3.8, 4) is 11.1 Å². The molecule has 1 amide bonds. The Hall–Kier alpha value is -3.79. The van der Waals surface area contributed by atoms with Gasteiger partial charge in [-0.05, 0) is 17.7 Å². The van der Waals surface area contributed by atoms with Gasteiger partial charge in [-0.1, -0.05) is 41.9 Å². The summed E-state index contributed by atoms with van der Waals surface area (Å²) in [5.74, 6) is -3.16. The number of carboxylic acids is 1. The van der Waals surface area contributed by atoms with Crippen LogP contribution in [-0.2, 0) is 11.0 Å². The third-order valence-electron chi connectivity index (χ3n) is 6.18. The molecule has 1 N–H and O–H groups in total. The first kappa shape index (κ1) is 23.0. The molecule has 0 saturated carbocycles. The first-order valence-electron chi connectivity index (χ1n) is 10.5. The summed E-state index contributed by atoms with van der Waals surface area (Å²) in [4.78, 5) is 30.5. The normalized spacial score (nSPS) is 18.3. The number of carboxylic acid groups (broad SMARTS) is 1. The number of aromatic nitrogens is 2. The molecule has 1 aliphatic heterocycles. The van der Waals surface area contributed by atoms with E-state index in [-0.39, 0.29) is 29.5 Å². The Morgan fingerprint density at radius 1 is 1.11 bits per heavy atom. The zero-order chi connectivity index (χ0) is 24.9. The monoisotopic (exact) mass is 503 g/mol. The highest BCUT2D eigenvalue weighted by Crippen LogP contribution is 2.38. The zero-order valence-corrected chi connectivity index (χ0v) is 18.6. The van der Waals surface area contributed by atoms with E-state index in [1.54, 1.807) is 30.3 Å². The number of carbonyl (C=O) groups excluding carboxylic acids is 1. The molecule has 1 aliphatic rings. The van der Waals surface area contributed by atoms with E-state index in [0.717, 1.165) is 16.0 Å². The Kier molecular flexibility index (Phi) is 5.55. The molecule has 0 unspecified atom stereocenters. The van der Waals surface area contributed by atoms with Gasteiger partial charge in [0.25, 0.3) is 5.91 Å². The largest absolute Gasteiger partial charge is 0.481 e. The highest BCUT2D eigenvalue weighted by atomic mass is 35.5. The van der Waals surface area contributed by atoms with Crippen molar-refractivity contribution in [3.63, 3.8) is 0 Å². The predicted molar refractivity (Wildman–Crippen MR) is 119 cm³/mol. The van der Waals surface area contributed by atoms with Crippen LogP contribution in [0.5, 0.6) is 0 Å². The lowest BCUT2D eigenvalue weighted by atomic mass is 9.89. The number of fused-ring (bicyclic) bond motifs is 1. The molecule has 0 spiro atoms. The maximum Gasteiger partial charge on any atom is 0.420 e. The summed E-state index contributed by atoms with van der Waals surface area (Å²) >= 11 is 6.38. The Bertz CT molecular complexity index is 1420. The van der Waals surface area contributed by atoms with Crippen molar-refractivity contribution in [2.45, 2.75) is 12.1 Å². The number of benzene rings is 1. The highest BCUT2D eigenvalue weighted by Gasteiger charge is 2.42. The number of hydrogen-bond donors (Lipinski definition) is 1. The van der Waals surface area contributed by atoms with Gasteiger partial charge in [0.2, 0.25) is 0 Å². The van der Waals surface area contributed by atoms with Gasteiger partial charge in [-0.3, -0.25) is 14.0 Å². The van der Waals surface area contributed by atoms with Crippen LogP contribution < -0.4 is 0 Å². The number of nitrogens with zero attached hydrogens (tertiary/aromatic N) is 3. The molecule has 35 heavy (non-hydrogen) atoms. The molecule has 1 aromatic carbocycles. The van der Waals surface area contributed by atoms with Gasteiger partial charge in [-0.25, -0.2) is 4.98 Å². The second kappa shape index (κ2) is 8.46. The van der Waals surface area contributed by atoms with Gasteiger partial charge in [-0.2, -0.15) is 13.2 Å². The van der Waals surface area contributed by atoms with Crippen molar-refractivity contribution in [2.24, 2.45) is 5.92 Å². The van der Waals surface area contributed by atoms with E-state index < -0.39 is 41.1 Å². The summed E-state index contributed by atoms with van der Waals surface area (Å²) in [5.41, 5.74) is -0.645. The fourth-order valence-electron chi connectivity index (χ4n) is 4.46. The molecule has 0 aliphatic carbocycles. The zero-order valence-electron chi connectivity index (χ0n) is 17.9. The first-order valence-corrected chi connectivity index (χ1v) is 10.9. The van der Waals surface area contributed by atoms with Crippen LogP contribution in [0.4, 0.5) is 13.2 Å². The fraction of sp³-hybridized carbons (Fsp3) is 0.208. The Labute approximate surface area is 201 Å². The Morgan fingerprint density at radius 3 is 2.49 bits per heavy atom. The molecule has 2 atom stereocenters. The Balaban J connectivity index is 1.56. The summed E-state index contributed by atoms with van der Waals surface area (Å²) in [7, 11) is 0. The summed E-state index contributed by atoms with van der Waals surface area (Å²) in [6, 6.07) is 11.3. The molecule has 7 nitrogen and oxygen atoms in total. The third-order valence-corrected chi connectivity index (χ3v) is 6.54. The van der Waals surface area contributed by atoms with Crippen molar-refractivity contribution in [1.82, 2.24) is 14.3 Å². The lowest BCUT2D eigenvalue weighted by molar-refractivity contribution is -0.141. The lowest BCUT2D eigenvalue weighted by Gasteiger charge is -2.15. The second-order valence-electron chi connectivity index (χ2n) is 8.27. The van der Waals surface area contributed by atoms with E-state index in [9.17, 15) is 27.9 Å². The molecule has 0 bridgehead atoms. The predicted octanol–water partition coefficient (Wildman–Crippen LogP) is 5.21. The van der Waals surface area contributed by atoms with E-state index in [2.05, 4.69) is 4.98 Å². The molecule has 0 radical (unpaired) electrons. The lowest BCUT2D eigenvalue weighted by Crippen LogP contribution is -2.30. The minimum absolute atomic E-state index is 0.0659. The van der Waals surface area contributed by atoms with Crippen molar-refractivity contribution in [1.29, 1.82) is 0 Å².